The van der Waals surface area contributed by atoms with Crippen LogP contribution in [0.2, 0.25) is 0 Å². The van der Waals surface area contributed by atoms with Crippen molar-refractivity contribution in [2.24, 2.45) is 5.92 Å². The number of rotatable bonds is 5. The number of thiazole rings is 1. The normalized spacial score (nSPS) is 17.2. The standard InChI is InChI=1S/C17H19N3O3S/c1-11-19-15(10-24-11)6-16(21)20-3-2-12(9-20)4-13-5-14(17(22)23)8-18-7-13/h5,7-8,10,12H,2-4,6,9H2,1H3,(H,22,23). The molecule has 1 aliphatic heterocycles. The van der Waals surface area contributed by atoms with Gasteiger partial charge in [0.25, 0.3) is 0 Å². The van der Waals surface area contributed by atoms with E-state index in [0.29, 0.717) is 18.9 Å². The number of amides is 1. The lowest BCUT2D eigenvalue weighted by molar-refractivity contribution is -0.129. The van der Waals surface area contributed by atoms with Crippen LogP contribution in [-0.2, 0) is 17.6 Å². The summed E-state index contributed by atoms with van der Waals surface area (Å²) in [4.78, 5) is 33.6. The summed E-state index contributed by atoms with van der Waals surface area (Å²) < 4.78 is 0. The molecule has 3 rings (SSSR count). The second-order valence-electron chi connectivity index (χ2n) is 6.12. The van der Waals surface area contributed by atoms with Crippen molar-refractivity contribution in [1.82, 2.24) is 14.9 Å². The van der Waals surface area contributed by atoms with Crippen LogP contribution in [0.15, 0.2) is 23.8 Å². The van der Waals surface area contributed by atoms with Crippen LogP contribution in [0.5, 0.6) is 0 Å². The summed E-state index contributed by atoms with van der Waals surface area (Å²) in [6.07, 6.45) is 5.08. The van der Waals surface area contributed by atoms with Gasteiger partial charge in [0.15, 0.2) is 0 Å². The number of nitrogens with zero attached hydrogens (tertiary/aromatic N) is 3. The molecule has 0 aliphatic carbocycles. The summed E-state index contributed by atoms with van der Waals surface area (Å²) in [6.45, 7) is 3.39. The molecule has 0 aromatic carbocycles. The Kier molecular flexibility index (Phi) is 4.89. The third-order valence-corrected chi connectivity index (χ3v) is 5.03. The van der Waals surface area contributed by atoms with Gasteiger partial charge in [-0.2, -0.15) is 0 Å². The van der Waals surface area contributed by atoms with Gasteiger partial charge >= 0.3 is 5.97 Å². The van der Waals surface area contributed by atoms with Crippen LogP contribution in [0.25, 0.3) is 0 Å². The van der Waals surface area contributed by atoms with Crippen LogP contribution in [-0.4, -0.2) is 44.9 Å². The Hall–Kier alpha value is -2.28. The van der Waals surface area contributed by atoms with E-state index in [1.165, 1.54) is 6.20 Å². The van der Waals surface area contributed by atoms with E-state index in [9.17, 15) is 9.59 Å². The maximum absolute atomic E-state index is 12.4. The zero-order chi connectivity index (χ0) is 17.1. The molecule has 2 aromatic heterocycles. The van der Waals surface area contributed by atoms with Gasteiger partial charge in [0.2, 0.25) is 5.91 Å². The predicted molar refractivity (Wildman–Crippen MR) is 90.1 cm³/mol. The highest BCUT2D eigenvalue weighted by Gasteiger charge is 2.26. The van der Waals surface area contributed by atoms with Crippen molar-refractivity contribution >= 4 is 23.2 Å². The van der Waals surface area contributed by atoms with Crippen molar-refractivity contribution in [1.29, 1.82) is 0 Å². The second kappa shape index (κ2) is 7.09. The SMILES string of the molecule is Cc1nc(CC(=O)N2CCC(Cc3cncc(C(=O)O)c3)C2)cs1. The number of carboxylic acid groups (broad SMARTS) is 1. The highest BCUT2D eigenvalue weighted by molar-refractivity contribution is 7.09. The first-order valence-corrected chi connectivity index (χ1v) is 8.75. The van der Waals surface area contributed by atoms with E-state index in [2.05, 4.69) is 9.97 Å². The number of aryl methyl sites for hydroxylation is 1. The number of carbonyl (C=O) groups excluding carboxylic acids is 1. The minimum atomic E-state index is -0.967. The van der Waals surface area contributed by atoms with E-state index >= 15 is 0 Å². The second-order valence-corrected chi connectivity index (χ2v) is 7.18. The Bertz CT molecular complexity index is 759. The van der Waals surface area contributed by atoms with Crippen molar-refractivity contribution in [3.63, 3.8) is 0 Å². The molecule has 7 heteroatoms. The molecule has 1 fully saturated rings. The fourth-order valence-corrected chi connectivity index (χ4v) is 3.64. The average molecular weight is 345 g/mol. The number of pyridine rings is 1. The van der Waals surface area contributed by atoms with E-state index < -0.39 is 5.97 Å². The monoisotopic (exact) mass is 345 g/mol. The Balaban J connectivity index is 1.56. The first-order chi connectivity index (χ1) is 11.5. The van der Waals surface area contributed by atoms with Crippen LogP contribution in [0.4, 0.5) is 0 Å². The number of aromatic carboxylic acids is 1. The van der Waals surface area contributed by atoms with Crippen molar-refractivity contribution in [3.8, 4) is 0 Å². The fourth-order valence-electron chi connectivity index (χ4n) is 3.03. The van der Waals surface area contributed by atoms with Gasteiger partial charge in [-0.3, -0.25) is 9.78 Å². The molecule has 1 unspecified atom stereocenters. The Labute approximate surface area is 144 Å². The Morgan fingerprint density at radius 1 is 1.42 bits per heavy atom. The molecule has 1 saturated heterocycles. The summed E-state index contributed by atoms with van der Waals surface area (Å²) in [7, 11) is 0. The minimum Gasteiger partial charge on any atom is -0.478 e. The average Bonchev–Trinajstić information content (AvgIpc) is 3.17. The zero-order valence-corrected chi connectivity index (χ0v) is 14.3. The summed E-state index contributed by atoms with van der Waals surface area (Å²) in [5.41, 5.74) is 1.95. The van der Waals surface area contributed by atoms with Gasteiger partial charge in [-0.15, -0.1) is 11.3 Å². The lowest BCUT2D eigenvalue weighted by atomic mass is 9.99. The molecular formula is C17H19N3O3S. The van der Waals surface area contributed by atoms with Crippen molar-refractivity contribution in [3.05, 3.63) is 45.7 Å². The molecular weight excluding hydrogens is 326 g/mol. The van der Waals surface area contributed by atoms with Crippen LogP contribution < -0.4 is 0 Å². The first kappa shape index (κ1) is 16.6. The van der Waals surface area contributed by atoms with Gasteiger partial charge < -0.3 is 10.0 Å². The lowest BCUT2D eigenvalue weighted by Gasteiger charge is -2.16. The largest absolute Gasteiger partial charge is 0.478 e. The quantitative estimate of drug-likeness (QED) is 0.898. The van der Waals surface area contributed by atoms with Gasteiger partial charge in [-0.25, -0.2) is 9.78 Å². The number of carboxylic acids is 1. The number of aromatic nitrogens is 2. The number of hydrogen-bond acceptors (Lipinski definition) is 5. The molecule has 0 radical (unpaired) electrons. The summed E-state index contributed by atoms with van der Waals surface area (Å²) in [5.74, 6) is -0.511. The summed E-state index contributed by atoms with van der Waals surface area (Å²) in [6, 6.07) is 1.66. The lowest BCUT2D eigenvalue weighted by Crippen LogP contribution is -2.30. The fraction of sp³-hybridized carbons (Fsp3) is 0.412. The molecule has 24 heavy (non-hydrogen) atoms. The molecule has 126 valence electrons. The Morgan fingerprint density at radius 3 is 2.96 bits per heavy atom. The minimum absolute atomic E-state index is 0.111. The summed E-state index contributed by atoms with van der Waals surface area (Å²) >= 11 is 1.56. The number of hydrogen-bond donors (Lipinski definition) is 1. The molecule has 0 spiro atoms. The van der Waals surface area contributed by atoms with Gasteiger partial charge in [-0.1, -0.05) is 0 Å². The molecule has 1 aliphatic rings. The molecule has 1 N–H and O–H groups in total. The van der Waals surface area contributed by atoms with Crippen molar-refractivity contribution < 1.29 is 14.7 Å². The van der Waals surface area contributed by atoms with Crippen molar-refractivity contribution in [2.75, 3.05) is 13.1 Å². The molecule has 0 saturated carbocycles. The molecule has 1 amide bonds. The van der Waals surface area contributed by atoms with Gasteiger partial charge in [-0.05, 0) is 37.3 Å². The van der Waals surface area contributed by atoms with Crippen LogP contribution in [0.1, 0.15) is 33.0 Å². The first-order valence-electron chi connectivity index (χ1n) is 7.87. The van der Waals surface area contributed by atoms with E-state index in [-0.39, 0.29) is 11.5 Å². The summed E-state index contributed by atoms with van der Waals surface area (Å²) in [5, 5.41) is 11.9. The molecule has 3 heterocycles. The van der Waals surface area contributed by atoms with Crippen LogP contribution >= 0.6 is 11.3 Å². The Morgan fingerprint density at radius 2 is 2.25 bits per heavy atom. The maximum Gasteiger partial charge on any atom is 0.337 e. The van der Waals surface area contributed by atoms with E-state index in [0.717, 1.165) is 35.7 Å². The third-order valence-electron chi connectivity index (χ3n) is 4.20. The van der Waals surface area contributed by atoms with E-state index in [1.54, 1.807) is 23.6 Å². The molecule has 2 aromatic rings. The zero-order valence-electron chi connectivity index (χ0n) is 13.4. The number of likely N-dealkylation sites (tertiary alicyclic amines) is 1. The van der Waals surface area contributed by atoms with Crippen LogP contribution in [0.3, 0.4) is 0 Å². The van der Waals surface area contributed by atoms with Crippen molar-refractivity contribution in [2.45, 2.75) is 26.2 Å². The van der Waals surface area contributed by atoms with Crippen LogP contribution in [0, 0.1) is 12.8 Å². The molecule has 0 bridgehead atoms. The van der Waals surface area contributed by atoms with E-state index in [4.69, 9.17) is 5.11 Å². The third kappa shape index (κ3) is 3.97. The number of carbonyl (C=O) groups is 2. The van der Waals surface area contributed by atoms with Gasteiger partial charge in [0.05, 0.1) is 22.7 Å². The highest BCUT2D eigenvalue weighted by atomic mass is 32.1. The molecule has 1 atom stereocenters. The van der Waals surface area contributed by atoms with Gasteiger partial charge in [0.1, 0.15) is 0 Å². The highest BCUT2D eigenvalue weighted by Crippen LogP contribution is 2.22. The topological polar surface area (TPSA) is 83.4 Å². The van der Waals surface area contributed by atoms with E-state index in [1.807, 2.05) is 17.2 Å². The molecule has 6 nitrogen and oxygen atoms in total. The van der Waals surface area contributed by atoms with Gasteiger partial charge in [0, 0.05) is 30.9 Å². The predicted octanol–water partition coefficient (Wildman–Crippen LogP) is 2.18. The smallest absolute Gasteiger partial charge is 0.337 e. The maximum atomic E-state index is 12.4.